The smallest absolute Gasteiger partial charge is 0.341 e. The van der Waals surface area contributed by atoms with Crippen molar-refractivity contribution in [3.8, 4) is 5.75 Å². The molecule has 138 valence electrons. The van der Waals surface area contributed by atoms with E-state index in [4.69, 9.17) is 9.47 Å². The van der Waals surface area contributed by atoms with Crippen LogP contribution in [-0.4, -0.2) is 25.1 Å². The number of hydrogen-bond donors (Lipinski definition) is 1. The van der Waals surface area contributed by atoms with Crippen molar-refractivity contribution < 1.29 is 19.1 Å². The number of benzene rings is 1. The fourth-order valence-corrected chi connectivity index (χ4v) is 4.63. The molecule has 0 saturated carbocycles. The van der Waals surface area contributed by atoms with Crippen molar-refractivity contribution in [3.63, 3.8) is 0 Å². The van der Waals surface area contributed by atoms with E-state index < -0.39 is 12.1 Å². The van der Waals surface area contributed by atoms with Gasteiger partial charge in [-0.05, 0) is 66.2 Å². The molecule has 0 unspecified atom stereocenters. The number of nitrogens with one attached hydrogen (secondary N) is 1. The first-order valence-electron chi connectivity index (χ1n) is 8.46. The second-order valence-electron chi connectivity index (χ2n) is 6.09. The average Bonchev–Trinajstić information content (AvgIpc) is 3.00. The summed E-state index contributed by atoms with van der Waals surface area (Å²) in [6, 6.07) is 7.36. The molecule has 0 bridgehead atoms. The van der Waals surface area contributed by atoms with E-state index in [0.717, 1.165) is 40.6 Å². The quantitative estimate of drug-likeness (QED) is 0.694. The molecule has 0 radical (unpaired) electrons. The van der Waals surface area contributed by atoms with E-state index in [2.05, 4.69) is 21.2 Å². The van der Waals surface area contributed by atoms with E-state index in [0.29, 0.717) is 16.3 Å². The lowest BCUT2D eigenvalue weighted by molar-refractivity contribution is -0.122. The van der Waals surface area contributed by atoms with Gasteiger partial charge in [0.1, 0.15) is 10.8 Å². The lowest BCUT2D eigenvalue weighted by Gasteiger charge is -2.16. The van der Waals surface area contributed by atoms with Crippen molar-refractivity contribution in [2.75, 3.05) is 12.4 Å². The van der Waals surface area contributed by atoms with Gasteiger partial charge >= 0.3 is 5.97 Å². The summed E-state index contributed by atoms with van der Waals surface area (Å²) >= 11 is 4.87. The highest BCUT2D eigenvalue weighted by atomic mass is 79.9. The van der Waals surface area contributed by atoms with Crippen LogP contribution < -0.4 is 10.1 Å². The summed E-state index contributed by atoms with van der Waals surface area (Å²) in [6.07, 6.45) is 3.21. The molecule has 0 spiro atoms. The predicted molar refractivity (Wildman–Crippen MR) is 105 cm³/mol. The van der Waals surface area contributed by atoms with Crippen LogP contribution in [0.5, 0.6) is 5.75 Å². The van der Waals surface area contributed by atoms with Crippen LogP contribution in [0.1, 0.15) is 40.6 Å². The number of esters is 1. The molecule has 0 aliphatic heterocycles. The lowest BCUT2D eigenvalue weighted by Crippen LogP contribution is -2.30. The van der Waals surface area contributed by atoms with E-state index in [1.54, 1.807) is 13.0 Å². The van der Waals surface area contributed by atoms with Crippen LogP contribution >= 0.6 is 27.3 Å². The number of carbonyl (C=O) groups excluding carboxylic acids is 2. The second kappa shape index (κ2) is 8.22. The third kappa shape index (κ3) is 3.94. The number of hydrogen-bond acceptors (Lipinski definition) is 5. The van der Waals surface area contributed by atoms with Gasteiger partial charge in [0.2, 0.25) is 0 Å². The number of para-hydroxylation sites is 1. The minimum atomic E-state index is -0.710. The highest BCUT2D eigenvalue weighted by Gasteiger charge is 2.28. The second-order valence-corrected chi connectivity index (χ2v) is 8.05. The highest BCUT2D eigenvalue weighted by molar-refractivity contribution is 9.10. The molecule has 1 heterocycles. The Balaban J connectivity index is 1.79. The Kier molecular flexibility index (Phi) is 5.98. The zero-order chi connectivity index (χ0) is 18.7. The maximum Gasteiger partial charge on any atom is 0.341 e. The van der Waals surface area contributed by atoms with E-state index in [9.17, 15) is 9.59 Å². The van der Waals surface area contributed by atoms with Crippen molar-refractivity contribution in [2.45, 2.75) is 38.7 Å². The molecule has 1 aliphatic rings. The molecule has 5 nitrogen and oxygen atoms in total. The Hall–Kier alpha value is -1.86. The third-order valence-electron chi connectivity index (χ3n) is 4.31. The SMILES string of the molecule is COC(=O)c1c(NC(=O)[C@H](C)Oc2ccccc2Br)sc2c1CCCC2. The Labute approximate surface area is 164 Å². The van der Waals surface area contributed by atoms with Gasteiger partial charge in [-0.2, -0.15) is 0 Å². The zero-order valence-corrected chi connectivity index (χ0v) is 17.0. The van der Waals surface area contributed by atoms with Gasteiger partial charge in [-0.25, -0.2) is 4.79 Å². The van der Waals surface area contributed by atoms with Crippen molar-refractivity contribution in [1.29, 1.82) is 0 Å². The largest absolute Gasteiger partial charge is 0.480 e. The number of halogens is 1. The minimum Gasteiger partial charge on any atom is -0.480 e. The van der Waals surface area contributed by atoms with Gasteiger partial charge in [0.25, 0.3) is 5.91 Å². The van der Waals surface area contributed by atoms with Crippen molar-refractivity contribution in [3.05, 3.63) is 44.7 Å². The van der Waals surface area contributed by atoms with Crippen molar-refractivity contribution in [2.24, 2.45) is 0 Å². The topological polar surface area (TPSA) is 64.6 Å². The summed E-state index contributed by atoms with van der Waals surface area (Å²) < 4.78 is 11.5. The van der Waals surface area contributed by atoms with E-state index in [1.807, 2.05) is 18.2 Å². The first-order chi connectivity index (χ1) is 12.5. The van der Waals surface area contributed by atoms with Crippen LogP contribution in [0.4, 0.5) is 5.00 Å². The fraction of sp³-hybridized carbons (Fsp3) is 0.368. The van der Waals surface area contributed by atoms with Crippen LogP contribution in [0, 0.1) is 0 Å². The highest BCUT2D eigenvalue weighted by Crippen LogP contribution is 2.38. The fourth-order valence-electron chi connectivity index (χ4n) is 2.97. The van der Waals surface area contributed by atoms with Crippen molar-refractivity contribution in [1.82, 2.24) is 0 Å². The van der Waals surface area contributed by atoms with Gasteiger partial charge < -0.3 is 14.8 Å². The molecule has 1 atom stereocenters. The molecule has 1 N–H and O–H groups in total. The summed E-state index contributed by atoms with van der Waals surface area (Å²) in [5.41, 5.74) is 1.51. The van der Waals surface area contributed by atoms with E-state index >= 15 is 0 Å². The first kappa shape index (κ1) is 18.9. The van der Waals surface area contributed by atoms with Crippen molar-refractivity contribution >= 4 is 44.1 Å². The number of fused-ring (bicyclic) bond motifs is 1. The van der Waals surface area contributed by atoms with Crippen LogP contribution in [0.2, 0.25) is 0 Å². The summed E-state index contributed by atoms with van der Waals surface area (Å²) in [7, 11) is 1.36. The number of methoxy groups -OCH3 is 1. The van der Waals surface area contributed by atoms with Crippen LogP contribution in [-0.2, 0) is 22.4 Å². The standard InChI is InChI=1S/C19H20BrNO4S/c1-11(25-14-9-5-4-8-13(14)20)17(22)21-18-16(19(23)24-2)12-7-3-6-10-15(12)26-18/h4-5,8-9,11H,3,6-7,10H2,1-2H3,(H,21,22)/t11-/m0/s1. The van der Waals surface area contributed by atoms with Gasteiger partial charge in [-0.15, -0.1) is 11.3 Å². The molecule has 1 aromatic heterocycles. The normalized spacial score (nSPS) is 14.3. The van der Waals surface area contributed by atoms with Gasteiger partial charge in [0.15, 0.2) is 6.10 Å². The maximum atomic E-state index is 12.6. The Morgan fingerprint density at radius 1 is 1.23 bits per heavy atom. The summed E-state index contributed by atoms with van der Waals surface area (Å²) in [4.78, 5) is 26.0. The molecule has 1 aliphatic carbocycles. The zero-order valence-electron chi connectivity index (χ0n) is 14.6. The number of ether oxygens (including phenoxy) is 2. The number of aryl methyl sites for hydroxylation is 1. The van der Waals surface area contributed by atoms with Crippen LogP contribution in [0.15, 0.2) is 28.7 Å². The predicted octanol–water partition coefficient (Wildman–Crippen LogP) is 4.58. The molecule has 1 amide bonds. The number of thiophene rings is 1. The third-order valence-corrected chi connectivity index (χ3v) is 6.17. The summed E-state index contributed by atoms with van der Waals surface area (Å²) in [5, 5.41) is 3.41. The molecule has 0 saturated heterocycles. The number of anilines is 1. The summed E-state index contributed by atoms with van der Waals surface area (Å²) in [5.74, 6) is -0.114. The average molecular weight is 438 g/mol. The lowest BCUT2D eigenvalue weighted by atomic mass is 9.95. The molecule has 1 aromatic carbocycles. The van der Waals surface area contributed by atoms with Gasteiger partial charge in [0, 0.05) is 4.88 Å². The number of carbonyl (C=O) groups is 2. The van der Waals surface area contributed by atoms with Gasteiger partial charge in [0.05, 0.1) is 17.1 Å². The Bertz CT molecular complexity index is 833. The minimum absolute atomic E-state index is 0.301. The molecule has 0 fully saturated rings. The summed E-state index contributed by atoms with van der Waals surface area (Å²) in [6.45, 7) is 1.68. The first-order valence-corrected chi connectivity index (χ1v) is 10.1. The Morgan fingerprint density at radius 2 is 1.96 bits per heavy atom. The number of amides is 1. The molecule has 3 rings (SSSR count). The molecule has 7 heteroatoms. The van der Waals surface area contributed by atoms with Gasteiger partial charge in [-0.1, -0.05) is 12.1 Å². The van der Waals surface area contributed by atoms with Crippen LogP contribution in [0.3, 0.4) is 0 Å². The van der Waals surface area contributed by atoms with E-state index in [1.165, 1.54) is 18.4 Å². The van der Waals surface area contributed by atoms with Gasteiger partial charge in [-0.3, -0.25) is 4.79 Å². The maximum absolute atomic E-state index is 12.6. The van der Waals surface area contributed by atoms with Crippen LogP contribution in [0.25, 0.3) is 0 Å². The monoisotopic (exact) mass is 437 g/mol. The molecular formula is C19H20BrNO4S. The van der Waals surface area contributed by atoms with E-state index in [-0.39, 0.29) is 5.91 Å². The molecule has 2 aromatic rings. The molecular weight excluding hydrogens is 418 g/mol. The number of rotatable bonds is 5. The Morgan fingerprint density at radius 3 is 2.69 bits per heavy atom. The molecule has 26 heavy (non-hydrogen) atoms.